The molecule has 8 nitrogen and oxygen atoms in total. The summed E-state index contributed by atoms with van der Waals surface area (Å²) >= 11 is 6.25. The number of carbonyl (C=O) groups is 3. The molecule has 5 atom stereocenters. The van der Waals surface area contributed by atoms with Gasteiger partial charge in [0, 0.05) is 29.4 Å². The Kier molecular flexibility index (Phi) is 4.50. The molecule has 1 aromatic rings. The van der Waals surface area contributed by atoms with Crippen LogP contribution in [0.25, 0.3) is 0 Å². The van der Waals surface area contributed by atoms with Crippen molar-refractivity contribution in [2.45, 2.75) is 31.5 Å². The number of hydrogen-bond donors (Lipinski definition) is 3. The summed E-state index contributed by atoms with van der Waals surface area (Å²) in [5.74, 6) is -3.07. The van der Waals surface area contributed by atoms with Crippen molar-refractivity contribution in [1.29, 1.82) is 0 Å². The minimum absolute atomic E-state index is 0.104. The second-order valence-corrected chi connectivity index (χ2v) is 8.08. The number of nitrogens with zero attached hydrogens (tertiary/aromatic N) is 1. The SMILES string of the molecule is COCCN1C(=O)[C@@H]2[C@H]([C@@H](C)O)N[C@@]3(C(=O)Nc4c(C)cc(Cl)cc43)[C@@H]2C1=O. The molecule has 3 N–H and O–H groups in total. The zero-order valence-corrected chi connectivity index (χ0v) is 16.5. The van der Waals surface area contributed by atoms with E-state index in [0.717, 1.165) is 10.5 Å². The maximum atomic E-state index is 13.3. The Morgan fingerprint density at radius 2 is 2.04 bits per heavy atom. The van der Waals surface area contributed by atoms with E-state index in [1.807, 2.05) is 6.92 Å². The van der Waals surface area contributed by atoms with Crippen LogP contribution in [0.2, 0.25) is 5.02 Å². The van der Waals surface area contributed by atoms with Gasteiger partial charge in [-0.25, -0.2) is 0 Å². The molecule has 9 heteroatoms. The van der Waals surface area contributed by atoms with Gasteiger partial charge in [0.25, 0.3) is 0 Å². The molecular formula is C19H22ClN3O5. The van der Waals surface area contributed by atoms with Crippen LogP contribution in [0.15, 0.2) is 12.1 Å². The molecule has 0 aromatic heterocycles. The van der Waals surface area contributed by atoms with E-state index < -0.39 is 47.2 Å². The molecule has 0 radical (unpaired) electrons. The van der Waals surface area contributed by atoms with Crippen LogP contribution in [0.3, 0.4) is 0 Å². The number of benzene rings is 1. The molecule has 1 spiro atoms. The highest BCUT2D eigenvalue weighted by Crippen LogP contribution is 2.54. The molecule has 2 fully saturated rings. The van der Waals surface area contributed by atoms with Gasteiger partial charge in [0.1, 0.15) is 5.54 Å². The van der Waals surface area contributed by atoms with Crippen LogP contribution in [0.1, 0.15) is 18.1 Å². The third-order valence-corrected chi connectivity index (χ3v) is 6.27. The van der Waals surface area contributed by atoms with E-state index in [-0.39, 0.29) is 13.2 Å². The van der Waals surface area contributed by atoms with Gasteiger partial charge >= 0.3 is 0 Å². The van der Waals surface area contributed by atoms with Crippen molar-refractivity contribution in [3.8, 4) is 0 Å². The lowest BCUT2D eigenvalue weighted by Crippen LogP contribution is -2.55. The fourth-order valence-corrected chi connectivity index (χ4v) is 5.11. The van der Waals surface area contributed by atoms with Gasteiger partial charge in [-0.15, -0.1) is 0 Å². The molecule has 3 aliphatic heterocycles. The maximum Gasteiger partial charge on any atom is 0.250 e. The smallest absolute Gasteiger partial charge is 0.250 e. The molecule has 3 heterocycles. The van der Waals surface area contributed by atoms with E-state index in [0.29, 0.717) is 16.3 Å². The molecule has 0 saturated carbocycles. The van der Waals surface area contributed by atoms with Crippen molar-refractivity contribution in [3.63, 3.8) is 0 Å². The van der Waals surface area contributed by atoms with Crippen molar-refractivity contribution >= 4 is 35.0 Å². The molecular weight excluding hydrogens is 386 g/mol. The number of nitrogens with one attached hydrogen (secondary N) is 2. The number of methoxy groups -OCH3 is 1. The van der Waals surface area contributed by atoms with Crippen molar-refractivity contribution in [1.82, 2.24) is 10.2 Å². The van der Waals surface area contributed by atoms with Gasteiger partial charge < -0.3 is 15.2 Å². The van der Waals surface area contributed by atoms with Crippen LogP contribution in [0.5, 0.6) is 0 Å². The van der Waals surface area contributed by atoms with Gasteiger partial charge in [0.05, 0.1) is 31.1 Å². The largest absolute Gasteiger partial charge is 0.392 e. The zero-order chi connectivity index (χ0) is 20.4. The Bertz CT molecular complexity index is 889. The molecule has 0 unspecified atom stereocenters. The molecule has 0 aliphatic carbocycles. The molecule has 3 amide bonds. The number of ether oxygens (including phenoxy) is 1. The van der Waals surface area contributed by atoms with Crippen molar-refractivity contribution in [2.24, 2.45) is 11.8 Å². The average Bonchev–Trinajstić information content (AvgIpc) is 3.21. The second kappa shape index (κ2) is 6.52. The summed E-state index contributed by atoms with van der Waals surface area (Å²) in [6.45, 7) is 3.66. The minimum atomic E-state index is -1.45. The summed E-state index contributed by atoms with van der Waals surface area (Å²) in [4.78, 5) is 40.7. The number of fused-ring (bicyclic) bond motifs is 4. The highest BCUT2D eigenvalue weighted by atomic mass is 35.5. The third-order valence-electron chi connectivity index (χ3n) is 6.05. The topological polar surface area (TPSA) is 108 Å². The number of rotatable bonds is 4. The zero-order valence-electron chi connectivity index (χ0n) is 15.8. The monoisotopic (exact) mass is 407 g/mol. The Hall–Kier alpha value is -2.00. The lowest BCUT2D eigenvalue weighted by atomic mass is 9.76. The number of anilines is 1. The number of aryl methyl sites for hydroxylation is 1. The number of likely N-dealkylation sites (tertiary alicyclic amines) is 1. The lowest BCUT2D eigenvalue weighted by Gasteiger charge is -2.30. The van der Waals surface area contributed by atoms with Crippen LogP contribution in [0.4, 0.5) is 5.69 Å². The molecule has 4 rings (SSSR count). The molecule has 3 aliphatic rings. The van der Waals surface area contributed by atoms with E-state index in [1.54, 1.807) is 19.1 Å². The summed E-state index contributed by atoms with van der Waals surface area (Å²) in [6.07, 6.45) is -0.942. The summed E-state index contributed by atoms with van der Waals surface area (Å²) < 4.78 is 5.01. The summed E-state index contributed by atoms with van der Waals surface area (Å²) in [7, 11) is 1.49. The average molecular weight is 408 g/mol. The first-order valence-electron chi connectivity index (χ1n) is 9.16. The standard InChI is InChI=1S/C19H22ClN3O5/c1-8-6-10(20)7-11-14(8)21-18(27)19(11)13-12(15(22-19)9(2)24)16(25)23(17(13)26)4-5-28-3/h6-7,9,12-13,15,22,24H,4-5H2,1-3H3,(H,21,27)/t9-,12+,13+,15+,19-/m1/s1. The van der Waals surface area contributed by atoms with Gasteiger partial charge in [-0.05, 0) is 31.5 Å². The molecule has 28 heavy (non-hydrogen) atoms. The molecule has 0 bridgehead atoms. The first-order chi connectivity index (χ1) is 13.2. The van der Waals surface area contributed by atoms with E-state index in [9.17, 15) is 19.5 Å². The van der Waals surface area contributed by atoms with Crippen LogP contribution >= 0.6 is 11.6 Å². The van der Waals surface area contributed by atoms with E-state index in [2.05, 4.69) is 10.6 Å². The third kappa shape index (κ3) is 2.38. The number of aliphatic hydroxyl groups is 1. The summed E-state index contributed by atoms with van der Waals surface area (Å²) in [6, 6.07) is 2.63. The lowest BCUT2D eigenvalue weighted by molar-refractivity contribution is -0.143. The molecule has 2 saturated heterocycles. The van der Waals surface area contributed by atoms with Crippen molar-refractivity contribution in [2.75, 3.05) is 25.6 Å². The molecule has 1 aromatic carbocycles. The number of carbonyl (C=O) groups excluding carboxylic acids is 3. The number of hydrogen-bond acceptors (Lipinski definition) is 6. The Balaban J connectivity index is 1.89. The van der Waals surface area contributed by atoms with Crippen LogP contribution < -0.4 is 10.6 Å². The van der Waals surface area contributed by atoms with Crippen LogP contribution in [0, 0.1) is 18.8 Å². The number of halogens is 1. The predicted molar refractivity (Wildman–Crippen MR) is 101 cm³/mol. The fourth-order valence-electron chi connectivity index (χ4n) is 4.84. The maximum absolute atomic E-state index is 13.3. The quantitative estimate of drug-likeness (QED) is 0.623. The van der Waals surface area contributed by atoms with E-state index in [1.165, 1.54) is 7.11 Å². The van der Waals surface area contributed by atoms with Gasteiger partial charge in [0.2, 0.25) is 17.7 Å². The van der Waals surface area contributed by atoms with Gasteiger partial charge in [0.15, 0.2) is 0 Å². The fraction of sp³-hybridized carbons (Fsp3) is 0.526. The van der Waals surface area contributed by atoms with Gasteiger partial charge in [-0.3, -0.25) is 24.6 Å². The molecule has 150 valence electrons. The number of amides is 3. The van der Waals surface area contributed by atoms with Crippen molar-refractivity contribution in [3.05, 3.63) is 28.3 Å². The first-order valence-corrected chi connectivity index (χ1v) is 9.53. The van der Waals surface area contributed by atoms with Crippen LogP contribution in [-0.4, -0.2) is 60.1 Å². The van der Waals surface area contributed by atoms with E-state index in [4.69, 9.17) is 16.3 Å². The summed E-state index contributed by atoms with van der Waals surface area (Å²) in [5.41, 5.74) is 0.434. The van der Waals surface area contributed by atoms with Gasteiger partial charge in [-0.1, -0.05) is 11.6 Å². The van der Waals surface area contributed by atoms with E-state index >= 15 is 0 Å². The van der Waals surface area contributed by atoms with Gasteiger partial charge in [-0.2, -0.15) is 0 Å². The number of imide groups is 1. The van der Waals surface area contributed by atoms with Crippen LogP contribution in [-0.2, 0) is 24.7 Å². The Labute approximate surface area is 167 Å². The highest BCUT2D eigenvalue weighted by Gasteiger charge is 2.71. The highest BCUT2D eigenvalue weighted by molar-refractivity contribution is 6.31. The second-order valence-electron chi connectivity index (χ2n) is 7.64. The van der Waals surface area contributed by atoms with Crippen molar-refractivity contribution < 1.29 is 24.2 Å². The first kappa shape index (κ1) is 19.3. The minimum Gasteiger partial charge on any atom is -0.392 e. The normalized spacial score (nSPS) is 32.1. The summed E-state index contributed by atoms with van der Waals surface area (Å²) in [5, 5.41) is 16.7. The Morgan fingerprint density at radius 3 is 2.68 bits per heavy atom. The Morgan fingerprint density at radius 1 is 1.32 bits per heavy atom. The predicted octanol–water partition coefficient (Wildman–Crippen LogP) is 0.396. The number of aliphatic hydroxyl groups excluding tert-OH is 1.